The van der Waals surface area contributed by atoms with Gasteiger partial charge >= 0.3 is 0 Å². The number of hydrogen-bond donors (Lipinski definition) is 1. The van der Waals surface area contributed by atoms with Crippen LogP contribution < -0.4 is 10.5 Å². The molecule has 2 rings (SSSR count). The van der Waals surface area contributed by atoms with Crippen LogP contribution in [-0.4, -0.2) is 0 Å². The molecule has 2 N–H and O–H groups in total. The monoisotopic (exact) mass is 241 g/mol. The minimum Gasteiger partial charge on any atom is -0.489 e. The molecule has 2 heteroatoms. The molecule has 0 amide bonds. The average molecular weight is 241 g/mol. The summed E-state index contributed by atoms with van der Waals surface area (Å²) in [4.78, 5) is 0. The number of ether oxygens (including phenoxy) is 1. The van der Waals surface area contributed by atoms with Crippen molar-refractivity contribution < 1.29 is 4.74 Å². The number of aryl methyl sites for hydroxylation is 2. The Morgan fingerprint density at radius 1 is 1.00 bits per heavy atom. The van der Waals surface area contributed by atoms with Gasteiger partial charge in [0.25, 0.3) is 0 Å². The Hall–Kier alpha value is -1.96. The van der Waals surface area contributed by atoms with Gasteiger partial charge in [-0.1, -0.05) is 31.2 Å². The summed E-state index contributed by atoms with van der Waals surface area (Å²) in [5.74, 6) is 0.862. The van der Waals surface area contributed by atoms with Gasteiger partial charge in [-0.2, -0.15) is 0 Å². The van der Waals surface area contributed by atoms with Crippen molar-refractivity contribution in [3.05, 3.63) is 59.2 Å². The van der Waals surface area contributed by atoms with Crippen molar-refractivity contribution in [2.45, 2.75) is 26.9 Å². The minimum atomic E-state index is 0.591. The zero-order valence-corrected chi connectivity index (χ0v) is 10.9. The summed E-state index contributed by atoms with van der Waals surface area (Å²) in [7, 11) is 0. The number of nitrogens with two attached hydrogens (primary N) is 1. The zero-order valence-electron chi connectivity index (χ0n) is 10.9. The SMILES string of the molecule is CCc1ccc(COc2ccc(N)c(C)c2)cc1. The molecule has 0 unspecified atom stereocenters. The van der Waals surface area contributed by atoms with E-state index < -0.39 is 0 Å². The van der Waals surface area contributed by atoms with E-state index in [1.165, 1.54) is 11.1 Å². The largest absolute Gasteiger partial charge is 0.489 e. The number of rotatable bonds is 4. The van der Waals surface area contributed by atoms with Crippen molar-refractivity contribution in [1.29, 1.82) is 0 Å². The van der Waals surface area contributed by atoms with Gasteiger partial charge in [-0.05, 0) is 48.2 Å². The molecule has 2 nitrogen and oxygen atoms in total. The molecule has 0 saturated heterocycles. The Labute approximate surface area is 108 Å². The first-order chi connectivity index (χ1) is 8.69. The van der Waals surface area contributed by atoms with Crippen molar-refractivity contribution in [3.8, 4) is 5.75 Å². The maximum Gasteiger partial charge on any atom is 0.120 e. The summed E-state index contributed by atoms with van der Waals surface area (Å²) < 4.78 is 5.75. The van der Waals surface area contributed by atoms with Gasteiger partial charge in [-0.25, -0.2) is 0 Å². The van der Waals surface area contributed by atoms with Crippen LogP contribution in [0, 0.1) is 6.92 Å². The lowest BCUT2D eigenvalue weighted by Gasteiger charge is -2.08. The third-order valence-electron chi connectivity index (χ3n) is 3.08. The van der Waals surface area contributed by atoms with E-state index in [0.29, 0.717) is 6.61 Å². The van der Waals surface area contributed by atoms with E-state index in [2.05, 4.69) is 31.2 Å². The summed E-state index contributed by atoms with van der Waals surface area (Å²) in [5, 5.41) is 0. The van der Waals surface area contributed by atoms with Crippen LogP contribution in [0.1, 0.15) is 23.6 Å². The molecule has 0 aliphatic heterocycles. The summed E-state index contributed by atoms with van der Waals surface area (Å²) >= 11 is 0. The molecule has 94 valence electrons. The number of anilines is 1. The lowest BCUT2D eigenvalue weighted by atomic mass is 10.1. The van der Waals surface area contributed by atoms with E-state index in [9.17, 15) is 0 Å². The smallest absolute Gasteiger partial charge is 0.120 e. The zero-order chi connectivity index (χ0) is 13.0. The highest BCUT2D eigenvalue weighted by Crippen LogP contribution is 2.19. The van der Waals surface area contributed by atoms with Gasteiger partial charge in [0.2, 0.25) is 0 Å². The Morgan fingerprint density at radius 2 is 1.67 bits per heavy atom. The van der Waals surface area contributed by atoms with Crippen molar-refractivity contribution in [2.75, 3.05) is 5.73 Å². The second-order valence-electron chi connectivity index (χ2n) is 4.48. The molecule has 18 heavy (non-hydrogen) atoms. The van der Waals surface area contributed by atoms with E-state index in [-0.39, 0.29) is 0 Å². The number of benzene rings is 2. The van der Waals surface area contributed by atoms with E-state index in [4.69, 9.17) is 10.5 Å². The van der Waals surface area contributed by atoms with Crippen LogP contribution in [0.2, 0.25) is 0 Å². The Morgan fingerprint density at radius 3 is 2.28 bits per heavy atom. The van der Waals surface area contributed by atoms with E-state index in [1.54, 1.807) is 0 Å². The molecule has 0 aliphatic carbocycles. The first-order valence-corrected chi connectivity index (χ1v) is 6.26. The third-order valence-corrected chi connectivity index (χ3v) is 3.08. The fourth-order valence-corrected chi connectivity index (χ4v) is 1.78. The highest BCUT2D eigenvalue weighted by Gasteiger charge is 1.99. The van der Waals surface area contributed by atoms with Crippen molar-refractivity contribution in [2.24, 2.45) is 0 Å². The topological polar surface area (TPSA) is 35.2 Å². The lowest BCUT2D eigenvalue weighted by Crippen LogP contribution is -1.97. The Bertz CT molecular complexity index is 517. The molecule has 0 spiro atoms. The van der Waals surface area contributed by atoms with Gasteiger partial charge in [-0.3, -0.25) is 0 Å². The first-order valence-electron chi connectivity index (χ1n) is 6.26. The second-order valence-corrected chi connectivity index (χ2v) is 4.48. The molecule has 0 heterocycles. The van der Waals surface area contributed by atoms with Crippen molar-refractivity contribution >= 4 is 5.69 Å². The highest BCUT2D eigenvalue weighted by molar-refractivity contribution is 5.49. The van der Waals surface area contributed by atoms with E-state index in [0.717, 1.165) is 23.4 Å². The fraction of sp³-hybridized carbons (Fsp3) is 0.250. The molecule has 0 bridgehead atoms. The molecule has 0 radical (unpaired) electrons. The molecule has 0 aromatic heterocycles. The van der Waals surface area contributed by atoms with Crippen LogP contribution in [0.5, 0.6) is 5.75 Å². The van der Waals surface area contributed by atoms with Gasteiger partial charge in [0, 0.05) is 5.69 Å². The molecule has 0 aliphatic rings. The number of hydrogen-bond acceptors (Lipinski definition) is 2. The van der Waals surface area contributed by atoms with Crippen LogP contribution in [0.25, 0.3) is 0 Å². The standard InChI is InChI=1S/C16H19NO/c1-3-13-4-6-14(7-5-13)11-18-15-8-9-16(17)12(2)10-15/h4-10H,3,11,17H2,1-2H3. The van der Waals surface area contributed by atoms with Crippen LogP contribution in [0.15, 0.2) is 42.5 Å². The summed E-state index contributed by atoms with van der Waals surface area (Å²) in [6.07, 6.45) is 1.07. The van der Waals surface area contributed by atoms with E-state index in [1.807, 2.05) is 25.1 Å². The third kappa shape index (κ3) is 3.04. The van der Waals surface area contributed by atoms with Crippen molar-refractivity contribution in [1.82, 2.24) is 0 Å². The maximum absolute atomic E-state index is 5.77. The summed E-state index contributed by atoms with van der Waals surface area (Å²) in [5.41, 5.74) is 10.2. The van der Waals surface area contributed by atoms with Crippen LogP contribution in [0.4, 0.5) is 5.69 Å². The minimum absolute atomic E-state index is 0.591. The van der Waals surface area contributed by atoms with Crippen LogP contribution in [0.3, 0.4) is 0 Å². The van der Waals surface area contributed by atoms with Gasteiger partial charge < -0.3 is 10.5 Å². The molecular weight excluding hydrogens is 222 g/mol. The van der Waals surface area contributed by atoms with Gasteiger partial charge in [0.05, 0.1) is 0 Å². The molecule has 0 atom stereocenters. The first kappa shape index (κ1) is 12.5. The molecule has 0 fully saturated rings. The summed E-state index contributed by atoms with van der Waals surface area (Å²) in [6.45, 7) is 4.73. The quantitative estimate of drug-likeness (QED) is 0.828. The van der Waals surface area contributed by atoms with E-state index >= 15 is 0 Å². The Kier molecular flexibility index (Phi) is 3.88. The van der Waals surface area contributed by atoms with Gasteiger partial charge in [0.15, 0.2) is 0 Å². The second kappa shape index (κ2) is 5.58. The highest BCUT2D eigenvalue weighted by atomic mass is 16.5. The Balaban J connectivity index is 1.99. The van der Waals surface area contributed by atoms with Crippen LogP contribution >= 0.6 is 0 Å². The lowest BCUT2D eigenvalue weighted by molar-refractivity contribution is 0.306. The molecule has 2 aromatic rings. The molecule has 0 saturated carbocycles. The predicted octanol–water partition coefficient (Wildman–Crippen LogP) is 3.72. The summed E-state index contributed by atoms with van der Waals surface area (Å²) in [6, 6.07) is 14.3. The normalized spacial score (nSPS) is 10.3. The van der Waals surface area contributed by atoms with Crippen molar-refractivity contribution in [3.63, 3.8) is 0 Å². The van der Waals surface area contributed by atoms with Gasteiger partial charge in [0.1, 0.15) is 12.4 Å². The van der Waals surface area contributed by atoms with Crippen LogP contribution in [-0.2, 0) is 13.0 Å². The number of nitrogen functional groups attached to an aromatic ring is 1. The molecular formula is C16H19NO. The maximum atomic E-state index is 5.77. The predicted molar refractivity (Wildman–Crippen MR) is 75.7 cm³/mol. The van der Waals surface area contributed by atoms with Gasteiger partial charge in [-0.15, -0.1) is 0 Å². The fourth-order valence-electron chi connectivity index (χ4n) is 1.78. The average Bonchev–Trinajstić information content (AvgIpc) is 2.41. The molecule has 2 aromatic carbocycles.